The first kappa shape index (κ1) is 14.5. The number of hydrogen-bond acceptors (Lipinski definition) is 3. The third-order valence-electron chi connectivity index (χ3n) is 2.86. The van der Waals surface area contributed by atoms with Crippen LogP contribution in [-0.2, 0) is 11.4 Å². The number of amides is 1. The van der Waals surface area contributed by atoms with Gasteiger partial charge in [-0.1, -0.05) is 26.0 Å². The Balaban J connectivity index is 2.37. The molecule has 2 N–H and O–H groups in total. The van der Waals surface area contributed by atoms with Gasteiger partial charge in [-0.05, 0) is 30.5 Å². The van der Waals surface area contributed by atoms with E-state index in [9.17, 15) is 4.79 Å². The molecule has 100 valence electrons. The first-order valence-corrected chi connectivity index (χ1v) is 6.15. The fourth-order valence-corrected chi connectivity index (χ4v) is 1.30. The second-order valence-corrected chi connectivity index (χ2v) is 4.69. The third kappa shape index (κ3) is 4.75. The number of nitrogens with one attached hydrogen (secondary N) is 1. The van der Waals surface area contributed by atoms with Gasteiger partial charge in [0.15, 0.2) is 6.61 Å². The van der Waals surface area contributed by atoms with Crippen LogP contribution in [0.25, 0.3) is 0 Å². The fourth-order valence-electron chi connectivity index (χ4n) is 1.30. The number of carbonyl (C=O) groups is 1. The number of ether oxygens (including phenoxy) is 1. The number of rotatable bonds is 6. The van der Waals surface area contributed by atoms with Crippen molar-refractivity contribution in [1.82, 2.24) is 5.32 Å². The lowest BCUT2D eigenvalue weighted by molar-refractivity contribution is -0.124. The van der Waals surface area contributed by atoms with Gasteiger partial charge in [-0.3, -0.25) is 4.79 Å². The molecule has 0 heterocycles. The van der Waals surface area contributed by atoms with Gasteiger partial charge in [0.05, 0.1) is 6.61 Å². The van der Waals surface area contributed by atoms with Crippen LogP contribution < -0.4 is 10.1 Å². The lowest BCUT2D eigenvalue weighted by Crippen LogP contribution is -2.38. The van der Waals surface area contributed by atoms with Crippen molar-refractivity contribution in [2.45, 2.75) is 33.4 Å². The van der Waals surface area contributed by atoms with Crippen molar-refractivity contribution in [1.29, 1.82) is 0 Å². The number of benzene rings is 1. The number of aliphatic hydroxyl groups is 1. The molecule has 1 amide bonds. The van der Waals surface area contributed by atoms with Crippen LogP contribution in [0.1, 0.15) is 26.3 Å². The second-order valence-electron chi connectivity index (χ2n) is 4.69. The normalized spacial score (nSPS) is 12.3. The van der Waals surface area contributed by atoms with E-state index >= 15 is 0 Å². The van der Waals surface area contributed by atoms with Crippen LogP contribution in [-0.4, -0.2) is 23.7 Å². The molecule has 0 aromatic heterocycles. The standard InChI is InChI=1S/C14H21NO3/c1-10(2)11(3)15-14(17)9-18-13-6-4-12(8-16)5-7-13/h4-7,10-11,16H,8-9H2,1-3H3,(H,15,17). The van der Waals surface area contributed by atoms with Crippen molar-refractivity contribution in [2.24, 2.45) is 5.92 Å². The molecule has 4 nitrogen and oxygen atoms in total. The second kappa shape index (κ2) is 7.01. The molecule has 0 aliphatic carbocycles. The summed E-state index contributed by atoms with van der Waals surface area (Å²) in [6.07, 6.45) is 0. The van der Waals surface area contributed by atoms with Gasteiger partial charge in [0.2, 0.25) is 0 Å². The summed E-state index contributed by atoms with van der Waals surface area (Å²) in [5.41, 5.74) is 0.820. The zero-order valence-electron chi connectivity index (χ0n) is 11.1. The largest absolute Gasteiger partial charge is 0.484 e. The minimum absolute atomic E-state index is 0.00662. The van der Waals surface area contributed by atoms with Gasteiger partial charge in [0.25, 0.3) is 5.91 Å². The Morgan fingerprint density at radius 2 is 1.89 bits per heavy atom. The molecule has 0 saturated carbocycles. The summed E-state index contributed by atoms with van der Waals surface area (Å²) in [5.74, 6) is 0.903. The zero-order valence-corrected chi connectivity index (χ0v) is 11.1. The summed E-state index contributed by atoms with van der Waals surface area (Å²) in [4.78, 5) is 11.6. The van der Waals surface area contributed by atoms with E-state index in [1.54, 1.807) is 24.3 Å². The van der Waals surface area contributed by atoms with E-state index in [-0.39, 0.29) is 25.2 Å². The summed E-state index contributed by atoms with van der Waals surface area (Å²) in [7, 11) is 0. The van der Waals surface area contributed by atoms with Gasteiger partial charge in [0, 0.05) is 6.04 Å². The lowest BCUT2D eigenvalue weighted by Gasteiger charge is -2.17. The Labute approximate surface area is 108 Å². The number of aliphatic hydroxyl groups excluding tert-OH is 1. The maximum absolute atomic E-state index is 11.6. The van der Waals surface area contributed by atoms with Crippen LogP contribution in [0, 0.1) is 5.92 Å². The smallest absolute Gasteiger partial charge is 0.258 e. The van der Waals surface area contributed by atoms with E-state index < -0.39 is 0 Å². The summed E-state index contributed by atoms with van der Waals surface area (Å²) in [6, 6.07) is 7.15. The van der Waals surface area contributed by atoms with Gasteiger partial charge in [-0.2, -0.15) is 0 Å². The molecular formula is C14H21NO3. The van der Waals surface area contributed by atoms with Gasteiger partial charge < -0.3 is 15.2 Å². The summed E-state index contributed by atoms with van der Waals surface area (Å²) >= 11 is 0. The van der Waals surface area contributed by atoms with Crippen LogP contribution in [0.15, 0.2) is 24.3 Å². The Morgan fingerprint density at radius 3 is 2.39 bits per heavy atom. The van der Waals surface area contributed by atoms with Gasteiger partial charge in [-0.15, -0.1) is 0 Å². The van der Waals surface area contributed by atoms with Gasteiger partial charge in [-0.25, -0.2) is 0 Å². The first-order valence-electron chi connectivity index (χ1n) is 6.15. The average Bonchev–Trinajstić information content (AvgIpc) is 2.36. The SMILES string of the molecule is CC(C)C(C)NC(=O)COc1ccc(CO)cc1. The van der Waals surface area contributed by atoms with E-state index in [0.717, 1.165) is 5.56 Å². The fraction of sp³-hybridized carbons (Fsp3) is 0.500. The lowest BCUT2D eigenvalue weighted by atomic mass is 10.1. The molecule has 1 atom stereocenters. The predicted molar refractivity (Wildman–Crippen MR) is 70.3 cm³/mol. The molecule has 4 heteroatoms. The summed E-state index contributed by atoms with van der Waals surface area (Å²) in [5, 5.41) is 11.8. The van der Waals surface area contributed by atoms with Crippen molar-refractivity contribution >= 4 is 5.91 Å². The monoisotopic (exact) mass is 251 g/mol. The van der Waals surface area contributed by atoms with Crippen molar-refractivity contribution < 1.29 is 14.6 Å². The van der Waals surface area contributed by atoms with E-state index in [4.69, 9.17) is 9.84 Å². The number of carbonyl (C=O) groups excluding carboxylic acids is 1. The number of hydrogen-bond donors (Lipinski definition) is 2. The molecule has 18 heavy (non-hydrogen) atoms. The third-order valence-corrected chi connectivity index (χ3v) is 2.86. The van der Waals surface area contributed by atoms with Crippen LogP contribution in [0.4, 0.5) is 0 Å². The van der Waals surface area contributed by atoms with Crippen LogP contribution in [0.3, 0.4) is 0 Å². The molecule has 1 aromatic carbocycles. The highest BCUT2D eigenvalue weighted by Crippen LogP contribution is 2.11. The maximum Gasteiger partial charge on any atom is 0.258 e. The average molecular weight is 251 g/mol. The van der Waals surface area contributed by atoms with E-state index in [0.29, 0.717) is 11.7 Å². The molecule has 1 aromatic rings. The Hall–Kier alpha value is -1.55. The predicted octanol–water partition coefficient (Wildman–Crippen LogP) is 1.72. The van der Waals surface area contributed by atoms with Crippen LogP contribution >= 0.6 is 0 Å². The highest BCUT2D eigenvalue weighted by Gasteiger charge is 2.10. The van der Waals surface area contributed by atoms with E-state index in [2.05, 4.69) is 19.2 Å². The van der Waals surface area contributed by atoms with Gasteiger partial charge in [0.1, 0.15) is 5.75 Å². The Morgan fingerprint density at radius 1 is 1.28 bits per heavy atom. The van der Waals surface area contributed by atoms with Crippen LogP contribution in [0.5, 0.6) is 5.75 Å². The van der Waals surface area contributed by atoms with Crippen molar-refractivity contribution in [3.8, 4) is 5.75 Å². The van der Waals surface area contributed by atoms with Crippen LogP contribution in [0.2, 0.25) is 0 Å². The molecule has 0 radical (unpaired) electrons. The molecule has 0 aliphatic rings. The molecular weight excluding hydrogens is 230 g/mol. The van der Waals surface area contributed by atoms with E-state index in [1.807, 2.05) is 6.92 Å². The van der Waals surface area contributed by atoms with Crippen molar-refractivity contribution in [2.75, 3.05) is 6.61 Å². The summed E-state index contributed by atoms with van der Waals surface area (Å²) < 4.78 is 5.35. The minimum atomic E-state index is -0.123. The molecule has 0 saturated heterocycles. The van der Waals surface area contributed by atoms with Crippen molar-refractivity contribution in [3.63, 3.8) is 0 Å². The highest BCUT2D eigenvalue weighted by atomic mass is 16.5. The zero-order chi connectivity index (χ0) is 13.5. The Bertz CT molecular complexity index is 373. The maximum atomic E-state index is 11.6. The van der Waals surface area contributed by atoms with E-state index in [1.165, 1.54) is 0 Å². The molecule has 1 unspecified atom stereocenters. The molecule has 0 bridgehead atoms. The topological polar surface area (TPSA) is 58.6 Å². The molecule has 0 fully saturated rings. The highest BCUT2D eigenvalue weighted by molar-refractivity contribution is 5.77. The molecule has 0 spiro atoms. The molecule has 1 rings (SSSR count). The Kier molecular flexibility index (Phi) is 5.65. The quantitative estimate of drug-likeness (QED) is 0.809. The van der Waals surface area contributed by atoms with Gasteiger partial charge >= 0.3 is 0 Å². The van der Waals surface area contributed by atoms with Crippen molar-refractivity contribution in [3.05, 3.63) is 29.8 Å². The molecule has 0 aliphatic heterocycles. The summed E-state index contributed by atoms with van der Waals surface area (Å²) in [6.45, 7) is 6.10. The first-order chi connectivity index (χ1) is 8.52. The minimum Gasteiger partial charge on any atom is -0.484 e.